The van der Waals surface area contributed by atoms with E-state index in [-0.39, 0.29) is 22.0 Å². The van der Waals surface area contributed by atoms with E-state index < -0.39 is 11.7 Å². The molecule has 0 spiro atoms. The summed E-state index contributed by atoms with van der Waals surface area (Å²) in [6.07, 6.45) is -4.51. The van der Waals surface area contributed by atoms with Gasteiger partial charge in [-0.15, -0.1) is 0 Å². The Bertz CT molecular complexity index is 633. The second-order valence-electron chi connectivity index (χ2n) is 4.11. The van der Waals surface area contributed by atoms with Gasteiger partial charge >= 0.3 is 6.18 Å². The summed E-state index contributed by atoms with van der Waals surface area (Å²) in [5.41, 5.74) is 5.16. The fourth-order valence-electron chi connectivity index (χ4n) is 1.77. The maximum absolute atomic E-state index is 12.8. The monoisotopic (exact) mass is 305 g/mol. The molecule has 108 valence electrons. The molecule has 1 aromatic heterocycles. The number of methoxy groups -OCH3 is 1. The molecule has 0 saturated heterocycles. The van der Waals surface area contributed by atoms with Crippen LogP contribution >= 0.6 is 11.6 Å². The number of ether oxygens (including phenoxy) is 1. The number of aromatic nitrogens is 2. The van der Waals surface area contributed by atoms with Gasteiger partial charge in [-0.25, -0.2) is 0 Å². The molecular formula is C12H11ClF3N3O. The van der Waals surface area contributed by atoms with Crippen LogP contribution in [0.3, 0.4) is 0 Å². The zero-order valence-corrected chi connectivity index (χ0v) is 11.4. The van der Waals surface area contributed by atoms with Gasteiger partial charge in [-0.2, -0.15) is 18.3 Å². The lowest BCUT2D eigenvalue weighted by Crippen LogP contribution is -2.06. The number of benzene rings is 1. The Morgan fingerprint density at radius 1 is 1.30 bits per heavy atom. The molecule has 0 amide bonds. The van der Waals surface area contributed by atoms with Crippen molar-refractivity contribution >= 4 is 17.4 Å². The number of hydrogen-bond acceptors (Lipinski definition) is 3. The van der Waals surface area contributed by atoms with E-state index in [0.717, 1.165) is 12.1 Å². The summed E-state index contributed by atoms with van der Waals surface area (Å²) in [5.74, 6) is 0.438. The summed E-state index contributed by atoms with van der Waals surface area (Å²) in [7, 11) is 2.91. The minimum absolute atomic E-state index is 0.123. The van der Waals surface area contributed by atoms with Crippen LogP contribution < -0.4 is 10.5 Å². The van der Waals surface area contributed by atoms with E-state index in [0.29, 0.717) is 5.82 Å². The molecule has 0 radical (unpaired) electrons. The van der Waals surface area contributed by atoms with E-state index in [2.05, 4.69) is 5.10 Å². The van der Waals surface area contributed by atoms with Crippen LogP contribution in [-0.4, -0.2) is 16.9 Å². The SMILES string of the molecule is COc1c(Cl)cc(C(F)(F)F)cc1-c1cc(N)n(C)n1. The quantitative estimate of drug-likeness (QED) is 0.925. The molecule has 1 aromatic carbocycles. The maximum Gasteiger partial charge on any atom is 0.416 e. The van der Waals surface area contributed by atoms with Crippen molar-refractivity contribution in [2.45, 2.75) is 6.18 Å². The van der Waals surface area contributed by atoms with E-state index in [1.54, 1.807) is 7.05 Å². The normalized spacial score (nSPS) is 11.7. The number of nitrogens with two attached hydrogens (primary N) is 1. The second kappa shape index (κ2) is 4.90. The molecule has 8 heteroatoms. The van der Waals surface area contributed by atoms with Gasteiger partial charge in [-0.1, -0.05) is 11.6 Å². The van der Waals surface area contributed by atoms with Gasteiger partial charge in [0.25, 0.3) is 0 Å². The Kier molecular flexibility index (Phi) is 3.56. The molecule has 0 fully saturated rings. The summed E-state index contributed by atoms with van der Waals surface area (Å²) in [5, 5.41) is 3.90. The minimum atomic E-state index is -4.51. The molecular weight excluding hydrogens is 295 g/mol. The topological polar surface area (TPSA) is 53.1 Å². The van der Waals surface area contributed by atoms with Gasteiger partial charge in [0, 0.05) is 18.7 Å². The van der Waals surface area contributed by atoms with Crippen molar-refractivity contribution < 1.29 is 17.9 Å². The lowest BCUT2D eigenvalue weighted by atomic mass is 10.1. The highest BCUT2D eigenvalue weighted by Gasteiger charge is 2.32. The molecule has 1 heterocycles. The number of rotatable bonds is 2. The van der Waals surface area contributed by atoms with Crippen molar-refractivity contribution in [2.24, 2.45) is 7.05 Å². The molecule has 0 bridgehead atoms. The summed E-state index contributed by atoms with van der Waals surface area (Å²) >= 11 is 5.85. The van der Waals surface area contributed by atoms with Crippen molar-refractivity contribution in [1.29, 1.82) is 0 Å². The molecule has 2 aromatic rings. The van der Waals surface area contributed by atoms with Crippen molar-refractivity contribution in [3.63, 3.8) is 0 Å². The third-order valence-corrected chi connectivity index (χ3v) is 3.05. The Hall–Kier alpha value is -1.89. The van der Waals surface area contributed by atoms with Gasteiger partial charge in [-0.05, 0) is 12.1 Å². The van der Waals surface area contributed by atoms with Gasteiger partial charge in [-0.3, -0.25) is 4.68 Å². The Morgan fingerprint density at radius 2 is 1.95 bits per heavy atom. The van der Waals surface area contributed by atoms with Crippen LogP contribution in [0.15, 0.2) is 18.2 Å². The number of nitrogens with zero attached hydrogens (tertiary/aromatic N) is 2. The van der Waals surface area contributed by atoms with Crippen LogP contribution in [-0.2, 0) is 13.2 Å². The predicted molar refractivity (Wildman–Crippen MR) is 69.6 cm³/mol. The van der Waals surface area contributed by atoms with Gasteiger partial charge < -0.3 is 10.5 Å². The first-order valence-electron chi connectivity index (χ1n) is 5.48. The average molecular weight is 306 g/mol. The summed E-state index contributed by atoms with van der Waals surface area (Å²) in [4.78, 5) is 0. The maximum atomic E-state index is 12.8. The average Bonchev–Trinajstić information content (AvgIpc) is 2.67. The molecule has 0 aliphatic carbocycles. The highest BCUT2D eigenvalue weighted by molar-refractivity contribution is 6.32. The number of hydrogen-bond donors (Lipinski definition) is 1. The third kappa shape index (κ3) is 2.53. The lowest BCUT2D eigenvalue weighted by molar-refractivity contribution is -0.137. The van der Waals surface area contributed by atoms with Gasteiger partial charge in [0.15, 0.2) is 0 Å². The number of nitrogen functional groups attached to an aromatic ring is 1. The van der Waals surface area contributed by atoms with Crippen LogP contribution in [0.1, 0.15) is 5.56 Å². The number of anilines is 1. The summed E-state index contributed by atoms with van der Waals surface area (Å²) in [6, 6.07) is 3.21. The number of alkyl halides is 3. The highest BCUT2D eigenvalue weighted by Crippen LogP contribution is 2.41. The highest BCUT2D eigenvalue weighted by atomic mass is 35.5. The first-order valence-corrected chi connectivity index (χ1v) is 5.86. The smallest absolute Gasteiger partial charge is 0.416 e. The fourth-order valence-corrected chi connectivity index (χ4v) is 2.06. The van der Waals surface area contributed by atoms with Crippen LogP contribution in [0, 0.1) is 0 Å². The van der Waals surface area contributed by atoms with Crippen LogP contribution in [0.25, 0.3) is 11.3 Å². The van der Waals surface area contributed by atoms with Crippen LogP contribution in [0.4, 0.5) is 19.0 Å². The zero-order chi connectivity index (χ0) is 15.1. The van der Waals surface area contributed by atoms with E-state index in [9.17, 15) is 13.2 Å². The molecule has 2 rings (SSSR count). The van der Waals surface area contributed by atoms with Crippen molar-refractivity contribution in [2.75, 3.05) is 12.8 Å². The predicted octanol–water partition coefficient (Wildman–Crippen LogP) is 3.35. The van der Waals surface area contributed by atoms with Crippen molar-refractivity contribution in [3.8, 4) is 17.0 Å². The van der Waals surface area contributed by atoms with Crippen LogP contribution in [0.5, 0.6) is 5.75 Å². The largest absolute Gasteiger partial charge is 0.494 e. The number of aryl methyl sites for hydroxylation is 1. The molecule has 20 heavy (non-hydrogen) atoms. The van der Waals surface area contributed by atoms with E-state index in [1.165, 1.54) is 17.9 Å². The Morgan fingerprint density at radius 3 is 2.40 bits per heavy atom. The molecule has 0 aliphatic heterocycles. The van der Waals surface area contributed by atoms with Gasteiger partial charge in [0.1, 0.15) is 11.6 Å². The van der Waals surface area contributed by atoms with Gasteiger partial charge in [0.05, 0.1) is 23.4 Å². The van der Waals surface area contributed by atoms with Crippen LogP contribution in [0.2, 0.25) is 5.02 Å². The van der Waals surface area contributed by atoms with Gasteiger partial charge in [0.2, 0.25) is 0 Å². The Labute approximate surface area is 117 Å². The minimum Gasteiger partial charge on any atom is -0.494 e. The Balaban J connectivity index is 2.69. The molecule has 0 aliphatic rings. The molecule has 0 unspecified atom stereocenters. The zero-order valence-electron chi connectivity index (χ0n) is 10.6. The van der Waals surface area contributed by atoms with Crippen molar-refractivity contribution in [1.82, 2.24) is 9.78 Å². The molecule has 2 N–H and O–H groups in total. The van der Waals surface area contributed by atoms with Crippen molar-refractivity contribution in [3.05, 3.63) is 28.8 Å². The number of halogens is 4. The van der Waals surface area contributed by atoms with E-state index >= 15 is 0 Å². The van der Waals surface area contributed by atoms with E-state index in [4.69, 9.17) is 22.1 Å². The standard InChI is InChI=1S/C12H11ClF3N3O/c1-19-10(17)5-9(18-19)7-3-6(12(14,15)16)4-8(13)11(7)20-2/h3-5H,17H2,1-2H3. The molecule has 0 saturated carbocycles. The molecule has 4 nitrogen and oxygen atoms in total. The first-order chi connectivity index (χ1) is 9.24. The van der Waals surface area contributed by atoms with E-state index in [1.807, 2.05) is 0 Å². The first kappa shape index (κ1) is 14.5. The summed E-state index contributed by atoms with van der Waals surface area (Å²) < 4.78 is 44.9. The lowest BCUT2D eigenvalue weighted by Gasteiger charge is -2.13. The molecule has 0 atom stereocenters. The third-order valence-electron chi connectivity index (χ3n) is 2.77. The fraction of sp³-hybridized carbons (Fsp3) is 0.250. The summed E-state index contributed by atoms with van der Waals surface area (Å²) in [6.45, 7) is 0. The second-order valence-corrected chi connectivity index (χ2v) is 4.52.